The summed E-state index contributed by atoms with van der Waals surface area (Å²) in [5, 5.41) is 10.7. The van der Waals surface area contributed by atoms with Gasteiger partial charge in [0.2, 0.25) is 0 Å². The first-order chi connectivity index (χ1) is 14.7. The van der Waals surface area contributed by atoms with Crippen LogP contribution in [0.3, 0.4) is 0 Å². The zero-order valence-electron chi connectivity index (χ0n) is 17.2. The van der Waals surface area contributed by atoms with E-state index in [9.17, 15) is 4.79 Å². The van der Waals surface area contributed by atoms with Crippen LogP contribution in [0.15, 0.2) is 54.6 Å². The van der Waals surface area contributed by atoms with Crippen LogP contribution in [0.5, 0.6) is 11.5 Å². The maximum Gasteiger partial charge on any atom is 0.251 e. The summed E-state index contributed by atoms with van der Waals surface area (Å²) in [5.41, 5.74) is 2.66. The van der Waals surface area contributed by atoms with Crippen molar-refractivity contribution in [1.82, 2.24) is 15.5 Å². The highest BCUT2D eigenvalue weighted by Crippen LogP contribution is 2.25. The van der Waals surface area contributed by atoms with Gasteiger partial charge in [0.1, 0.15) is 11.5 Å². The Morgan fingerprint density at radius 1 is 1.03 bits per heavy atom. The highest BCUT2D eigenvalue weighted by Gasteiger charge is 2.23. The molecule has 0 unspecified atom stereocenters. The molecule has 2 N–H and O–H groups in total. The van der Waals surface area contributed by atoms with Gasteiger partial charge < -0.3 is 19.7 Å². The van der Waals surface area contributed by atoms with Crippen LogP contribution in [-0.2, 0) is 0 Å². The fraction of sp³-hybridized carbons (Fsp3) is 0.304. The second-order valence-corrected chi connectivity index (χ2v) is 7.34. The molecule has 1 fully saturated rings. The molecule has 30 heavy (non-hydrogen) atoms. The largest absolute Gasteiger partial charge is 0.497 e. The summed E-state index contributed by atoms with van der Waals surface area (Å²) in [6.07, 6.45) is 1.72. The van der Waals surface area contributed by atoms with Gasteiger partial charge in [0.25, 0.3) is 5.91 Å². The molecule has 0 saturated carbocycles. The number of carbonyl (C=O) groups excluding carboxylic acids is 1. The summed E-state index contributed by atoms with van der Waals surface area (Å²) < 4.78 is 10.5. The maximum atomic E-state index is 12.7. The van der Waals surface area contributed by atoms with Crippen molar-refractivity contribution < 1.29 is 14.3 Å². The Kier molecular flexibility index (Phi) is 5.88. The summed E-state index contributed by atoms with van der Waals surface area (Å²) in [6.45, 7) is 1.68. The average molecular weight is 406 g/mol. The van der Waals surface area contributed by atoms with Crippen molar-refractivity contribution in [3.8, 4) is 22.8 Å². The predicted octanol–water partition coefficient (Wildman–Crippen LogP) is 3.49. The molecule has 1 amide bonds. The number of anilines is 1. The molecule has 0 spiro atoms. The van der Waals surface area contributed by atoms with Gasteiger partial charge >= 0.3 is 0 Å². The second-order valence-electron chi connectivity index (χ2n) is 7.34. The standard InChI is InChI=1S/C23H26N4O3/c1-29-19-12-17(13-20(14-19)30-2)23(28)24-18-8-10-27(11-9-18)22-15-21(25-26-22)16-6-4-3-5-7-16/h3-7,12-15,18H,8-11H2,1-2H3,(H,24,28)(H,25,26). The Morgan fingerprint density at radius 3 is 2.33 bits per heavy atom. The number of rotatable bonds is 6. The molecule has 1 aliphatic rings. The number of H-pyrrole nitrogens is 1. The van der Waals surface area contributed by atoms with Gasteiger partial charge in [-0.05, 0) is 30.5 Å². The van der Waals surface area contributed by atoms with Crippen molar-refractivity contribution >= 4 is 11.7 Å². The first-order valence-electron chi connectivity index (χ1n) is 10.1. The van der Waals surface area contributed by atoms with Gasteiger partial charge in [-0.25, -0.2) is 0 Å². The van der Waals surface area contributed by atoms with Crippen LogP contribution in [0.1, 0.15) is 23.2 Å². The summed E-state index contributed by atoms with van der Waals surface area (Å²) in [4.78, 5) is 15.0. The quantitative estimate of drug-likeness (QED) is 0.655. The monoisotopic (exact) mass is 406 g/mol. The molecule has 4 rings (SSSR count). The molecule has 7 heteroatoms. The number of ether oxygens (including phenoxy) is 2. The molecular formula is C23H26N4O3. The van der Waals surface area contributed by atoms with Gasteiger partial charge in [0.15, 0.2) is 5.82 Å². The number of methoxy groups -OCH3 is 2. The Balaban J connectivity index is 1.35. The molecular weight excluding hydrogens is 380 g/mol. The number of aromatic amines is 1. The van der Waals surface area contributed by atoms with E-state index in [0.29, 0.717) is 17.1 Å². The number of carbonyl (C=O) groups is 1. The van der Waals surface area contributed by atoms with Gasteiger partial charge in [-0.2, -0.15) is 5.10 Å². The third kappa shape index (κ3) is 4.40. The van der Waals surface area contributed by atoms with Gasteiger partial charge in [-0.3, -0.25) is 9.89 Å². The molecule has 2 aromatic carbocycles. The van der Waals surface area contributed by atoms with Crippen molar-refractivity contribution in [1.29, 1.82) is 0 Å². The Hall–Kier alpha value is -3.48. The fourth-order valence-electron chi connectivity index (χ4n) is 3.70. The predicted molar refractivity (Wildman–Crippen MR) is 116 cm³/mol. The number of hydrogen-bond acceptors (Lipinski definition) is 5. The van der Waals surface area contributed by atoms with E-state index < -0.39 is 0 Å². The Bertz CT molecular complexity index is 972. The van der Waals surface area contributed by atoms with Crippen molar-refractivity contribution in [3.05, 3.63) is 60.2 Å². The number of piperidine rings is 1. The first-order valence-corrected chi connectivity index (χ1v) is 10.1. The van der Waals surface area contributed by atoms with Gasteiger partial charge in [0, 0.05) is 36.8 Å². The van der Waals surface area contributed by atoms with Crippen LogP contribution in [0, 0.1) is 0 Å². The molecule has 156 valence electrons. The first kappa shape index (κ1) is 19.8. The molecule has 0 atom stereocenters. The van der Waals surface area contributed by atoms with Crippen molar-refractivity contribution in [2.24, 2.45) is 0 Å². The summed E-state index contributed by atoms with van der Waals surface area (Å²) in [7, 11) is 3.15. The van der Waals surface area contributed by atoms with Crippen LogP contribution < -0.4 is 19.7 Å². The van der Waals surface area contributed by atoms with Crippen LogP contribution in [0.2, 0.25) is 0 Å². The van der Waals surface area contributed by atoms with Gasteiger partial charge in [0.05, 0.1) is 19.9 Å². The maximum absolute atomic E-state index is 12.7. The molecule has 7 nitrogen and oxygen atoms in total. The molecule has 1 saturated heterocycles. The molecule has 1 aliphatic heterocycles. The van der Waals surface area contributed by atoms with E-state index >= 15 is 0 Å². The Morgan fingerprint density at radius 2 is 1.70 bits per heavy atom. The smallest absolute Gasteiger partial charge is 0.251 e. The highest BCUT2D eigenvalue weighted by atomic mass is 16.5. The number of amides is 1. The third-order valence-corrected chi connectivity index (χ3v) is 5.42. The van der Waals surface area contributed by atoms with E-state index in [1.54, 1.807) is 32.4 Å². The minimum atomic E-state index is -0.114. The number of hydrogen-bond donors (Lipinski definition) is 2. The van der Waals surface area contributed by atoms with E-state index in [1.165, 1.54) is 0 Å². The lowest BCUT2D eigenvalue weighted by Crippen LogP contribution is -2.44. The van der Waals surface area contributed by atoms with Crippen LogP contribution in [0.4, 0.5) is 5.82 Å². The van der Waals surface area contributed by atoms with Gasteiger partial charge in [-0.15, -0.1) is 0 Å². The zero-order chi connectivity index (χ0) is 20.9. The highest BCUT2D eigenvalue weighted by molar-refractivity contribution is 5.95. The lowest BCUT2D eigenvalue weighted by atomic mass is 10.0. The summed E-state index contributed by atoms with van der Waals surface area (Å²) >= 11 is 0. The van der Waals surface area contributed by atoms with Crippen molar-refractivity contribution in [3.63, 3.8) is 0 Å². The van der Waals surface area contributed by atoms with E-state index in [2.05, 4.69) is 38.6 Å². The number of nitrogens with one attached hydrogen (secondary N) is 2. The minimum Gasteiger partial charge on any atom is -0.497 e. The molecule has 1 aromatic heterocycles. The Labute approximate surface area is 176 Å². The van der Waals surface area contributed by atoms with E-state index in [4.69, 9.17) is 9.47 Å². The minimum absolute atomic E-state index is 0.114. The van der Waals surface area contributed by atoms with E-state index in [1.807, 2.05) is 18.2 Å². The van der Waals surface area contributed by atoms with Crippen LogP contribution in [-0.4, -0.2) is 49.5 Å². The molecule has 0 bridgehead atoms. The normalized spacial score (nSPS) is 14.4. The second kappa shape index (κ2) is 8.90. The molecule has 2 heterocycles. The van der Waals surface area contributed by atoms with Crippen LogP contribution in [0.25, 0.3) is 11.3 Å². The van der Waals surface area contributed by atoms with Gasteiger partial charge in [-0.1, -0.05) is 30.3 Å². The summed E-state index contributed by atoms with van der Waals surface area (Å²) in [6, 6.07) is 17.6. The molecule has 0 aliphatic carbocycles. The average Bonchev–Trinajstić information content (AvgIpc) is 3.30. The zero-order valence-corrected chi connectivity index (χ0v) is 17.2. The topological polar surface area (TPSA) is 79.5 Å². The van der Waals surface area contributed by atoms with E-state index in [0.717, 1.165) is 43.0 Å². The number of aromatic nitrogens is 2. The van der Waals surface area contributed by atoms with Crippen LogP contribution >= 0.6 is 0 Å². The lowest BCUT2D eigenvalue weighted by Gasteiger charge is -2.32. The van der Waals surface area contributed by atoms with Crippen molar-refractivity contribution in [2.75, 3.05) is 32.2 Å². The number of nitrogens with zero attached hydrogens (tertiary/aromatic N) is 2. The fourth-order valence-corrected chi connectivity index (χ4v) is 3.70. The van der Waals surface area contributed by atoms with E-state index in [-0.39, 0.29) is 11.9 Å². The third-order valence-electron chi connectivity index (χ3n) is 5.42. The van der Waals surface area contributed by atoms with Crippen molar-refractivity contribution in [2.45, 2.75) is 18.9 Å². The number of benzene rings is 2. The molecule has 0 radical (unpaired) electrons. The SMILES string of the molecule is COc1cc(OC)cc(C(=O)NC2CCN(c3cc(-c4ccccc4)[nH]n3)CC2)c1. The summed E-state index contributed by atoms with van der Waals surface area (Å²) in [5.74, 6) is 2.03. The lowest BCUT2D eigenvalue weighted by molar-refractivity contribution is 0.0930. The molecule has 3 aromatic rings.